The van der Waals surface area contributed by atoms with E-state index in [1.165, 1.54) is 0 Å². The highest BCUT2D eigenvalue weighted by Crippen LogP contribution is 2.37. The molecular formula is C32H34ClN5O2. The van der Waals surface area contributed by atoms with Crippen LogP contribution in [0.15, 0.2) is 54.7 Å². The summed E-state index contributed by atoms with van der Waals surface area (Å²) in [7, 11) is 0. The molecule has 0 saturated heterocycles. The van der Waals surface area contributed by atoms with Crippen molar-refractivity contribution >= 4 is 40.6 Å². The highest BCUT2D eigenvalue weighted by Gasteiger charge is 2.26. The molecule has 0 atom stereocenters. The van der Waals surface area contributed by atoms with E-state index in [2.05, 4.69) is 34.1 Å². The molecule has 0 fully saturated rings. The van der Waals surface area contributed by atoms with Crippen molar-refractivity contribution in [2.45, 2.75) is 40.5 Å². The maximum Gasteiger partial charge on any atom is 0.256 e. The zero-order chi connectivity index (χ0) is 28.4. The first-order chi connectivity index (χ1) is 19.3. The molecule has 5 rings (SSSR count). The zero-order valence-corrected chi connectivity index (χ0v) is 24.1. The number of aromatic nitrogens is 3. The normalized spacial score (nSPS) is 13.8. The Balaban J connectivity index is 1.44. The molecule has 0 unspecified atom stereocenters. The number of ketones is 1. The number of amides is 1. The third-order valence-corrected chi connectivity index (χ3v) is 7.88. The van der Waals surface area contributed by atoms with Crippen LogP contribution in [0, 0.1) is 13.8 Å². The third kappa shape index (κ3) is 5.40. The number of benzene rings is 2. The summed E-state index contributed by atoms with van der Waals surface area (Å²) >= 11 is 6.08. The lowest BCUT2D eigenvalue weighted by atomic mass is 9.99. The molecule has 0 aliphatic carbocycles. The minimum atomic E-state index is -0.169. The summed E-state index contributed by atoms with van der Waals surface area (Å²) in [4.78, 5) is 31.9. The van der Waals surface area contributed by atoms with Crippen molar-refractivity contribution in [2.24, 2.45) is 0 Å². The van der Waals surface area contributed by atoms with Gasteiger partial charge in [0.25, 0.3) is 5.91 Å². The van der Waals surface area contributed by atoms with Gasteiger partial charge in [0.05, 0.1) is 23.2 Å². The summed E-state index contributed by atoms with van der Waals surface area (Å²) in [5, 5.41) is 8.14. The molecule has 0 saturated carbocycles. The quantitative estimate of drug-likeness (QED) is 0.164. The Morgan fingerprint density at radius 2 is 1.82 bits per heavy atom. The summed E-state index contributed by atoms with van der Waals surface area (Å²) < 4.78 is 1.85. The van der Waals surface area contributed by atoms with Crippen LogP contribution in [0.3, 0.4) is 0 Å². The molecule has 2 aromatic heterocycles. The maximum absolute atomic E-state index is 13.1. The van der Waals surface area contributed by atoms with Crippen molar-refractivity contribution in [2.75, 3.05) is 25.0 Å². The van der Waals surface area contributed by atoms with Crippen LogP contribution in [-0.2, 0) is 4.79 Å². The van der Waals surface area contributed by atoms with Gasteiger partial charge in [0.2, 0.25) is 0 Å². The number of carbonyl (C=O) groups is 2. The van der Waals surface area contributed by atoms with Gasteiger partial charge < -0.3 is 15.2 Å². The topological polar surface area (TPSA) is 83.0 Å². The number of fused-ring (bicyclic) bond motifs is 1. The smallest absolute Gasteiger partial charge is 0.256 e. The summed E-state index contributed by atoms with van der Waals surface area (Å²) in [6, 6.07) is 15.3. The molecule has 2 aromatic carbocycles. The lowest BCUT2D eigenvalue weighted by Gasteiger charge is -2.17. The van der Waals surface area contributed by atoms with Crippen LogP contribution in [-0.4, -0.2) is 51.0 Å². The van der Waals surface area contributed by atoms with E-state index in [9.17, 15) is 9.59 Å². The number of hydrogen-bond acceptors (Lipinski definition) is 4. The monoisotopic (exact) mass is 555 g/mol. The highest BCUT2D eigenvalue weighted by atomic mass is 35.5. The minimum absolute atomic E-state index is 0.136. The van der Waals surface area contributed by atoms with Crippen molar-refractivity contribution in [1.82, 2.24) is 19.7 Å². The van der Waals surface area contributed by atoms with E-state index >= 15 is 0 Å². The van der Waals surface area contributed by atoms with Crippen molar-refractivity contribution in [3.63, 3.8) is 0 Å². The van der Waals surface area contributed by atoms with Crippen LogP contribution in [0.25, 0.3) is 28.6 Å². The molecule has 0 radical (unpaired) electrons. The van der Waals surface area contributed by atoms with Gasteiger partial charge >= 0.3 is 0 Å². The molecule has 1 aliphatic heterocycles. The first-order valence-corrected chi connectivity index (χ1v) is 14.1. The lowest BCUT2D eigenvalue weighted by molar-refractivity contribution is -0.110. The van der Waals surface area contributed by atoms with Gasteiger partial charge in [-0.05, 0) is 94.0 Å². The van der Waals surface area contributed by atoms with E-state index in [1.807, 2.05) is 73.1 Å². The second kappa shape index (κ2) is 11.7. The first kappa shape index (κ1) is 27.6. The van der Waals surface area contributed by atoms with Gasteiger partial charge in [-0.2, -0.15) is 5.10 Å². The van der Waals surface area contributed by atoms with Crippen LogP contribution in [0.2, 0.25) is 5.02 Å². The fraction of sp³-hybridized carbons (Fsp3) is 0.281. The number of nitrogens with zero attached hydrogens (tertiary/aromatic N) is 3. The fourth-order valence-corrected chi connectivity index (χ4v) is 5.54. The largest absolute Gasteiger partial charge is 0.358 e. The number of halogens is 1. The van der Waals surface area contributed by atoms with Crippen molar-refractivity contribution in [1.29, 1.82) is 0 Å². The number of aryl methyl sites for hydroxylation is 1. The van der Waals surface area contributed by atoms with Gasteiger partial charge in [-0.25, -0.2) is 4.68 Å². The van der Waals surface area contributed by atoms with E-state index in [0.717, 1.165) is 76.8 Å². The van der Waals surface area contributed by atoms with Crippen LogP contribution in [0.5, 0.6) is 0 Å². The van der Waals surface area contributed by atoms with Crippen molar-refractivity contribution in [3.8, 4) is 16.9 Å². The van der Waals surface area contributed by atoms with Gasteiger partial charge in [-0.1, -0.05) is 31.5 Å². The number of nitrogens with one attached hydrogen (secondary N) is 2. The van der Waals surface area contributed by atoms with Gasteiger partial charge in [-0.3, -0.25) is 9.59 Å². The average Bonchev–Trinajstić information content (AvgIpc) is 3.63. The molecule has 2 N–H and O–H groups in total. The zero-order valence-electron chi connectivity index (χ0n) is 23.3. The third-order valence-electron chi connectivity index (χ3n) is 7.63. The number of rotatable bonds is 10. The minimum Gasteiger partial charge on any atom is -0.358 e. The molecule has 40 heavy (non-hydrogen) atoms. The van der Waals surface area contributed by atoms with Crippen LogP contribution in [0.1, 0.15) is 59.6 Å². The molecule has 7 nitrogen and oxygen atoms in total. The molecule has 8 heteroatoms. The van der Waals surface area contributed by atoms with Gasteiger partial charge in [0.1, 0.15) is 0 Å². The number of H-pyrrole nitrogens is 1. The number of aromatic amines is 1. The van der Waals surface area contributed by atoms with Crippen molar-refractivity contribution < 1.29 is 9.59 Å². The second-order valence-electron chi connectivity index (χ2n) is 10.1. The van der Waals surface area contributed by atoms with Crippen LogP contribution >= 0.6 is 11.6 Å². The highest BCUT2D eigenvalue weighted by molar-refractivity contribution is 6.35. The molecule has 4 aromatic rings. The number of hydrogen-bond donors (Lipinski definition) is 2. The van der Waals surface area contributed by atoms with E-state index in [0.29, 0.717) is 17.0 Å². The molecule has 206 valence electrons. The van der Waals surface area contributed by atoms with E-state index in [1.54, 1.807) is 6.20 Å². The van der Waals surface area contributed by atoms with Crippen LogP contribution < -0.4 is 5.32 Å². The Morgan fingerprint density at radius 1 is 1.07 bits per heavy atom. The Bertz CT molecular complexity index is 1590. The SMILES string of the molecule is CCN(CC)CCCC(=O)c1c(C)[nH]c(/C=C2\C(=O)Nc3ccc(-c4ccnn4-c4ccc(Cl)cc4)cc32)c1C. The first-order valence-electron chi connectivity index (χ1n) is 13.7. The Morgan fingerprint density at radius 3 is 2.55 bits per heavy atom. The predicted octanol–water partition coefficient (Wildman–Crippen LogP) is 6.94. The van der Waals surface area contributed by atoms with E-state index < -0.39 is 0 Å². The summed E-state index contributed by atoms with van der Waals surface area (Å²) in [5.74, 6) is -0.0332. The average molecular weight is 556 g/mol. The number of anilines is 1. The molecule has 0 bridgehead atoms. The summed E-state index contributed by atoms with van der Waals surface area (Å²) in [6.45, 7) is 11.0. The second-order valence-corrected chi connectivity index (χ2v) is 10.5. The standard InChI is InChI=1S/C32H34ClN5O2/c1-5-37(6-2)17-7-8-30(39)31-20(3)28(35-21(31)4)19-26-25-18-22(9-14-27(25)36-32(26)40)29-15-16-34-38(29)24-12-10-23(33)11-13-24/h9-16,18-19,35H,5-8,17H2,1-4H3,(H,36,40)/b26-19-. The molecule has 1 amide bonds. The fourth-order valence-electron chi connectivity index (χ4n) is 5.41. The van der Waals surface area contributed by atoms with Gasteiger partial charge in [0, 0.05) is 45.2 Å². The number of Topliss-reactive ketones (excluding diaryl/α,β-unsaturated/α-hetero) is 1. The van der Waals surface area contributed by atoms with E-state index in [-0.39, 0.29) is 11.7 Å². The number of carbonyl (C=O) groups excluding carboxylic acids is 2. The molecule has 3 heterocycles. The summed E-state index contributed by atoms with van der Waals surface area (Å²) in [5.41, 5.74) is 8.04. The lowest BCUT2D eigenvalue weighted by Crippen LogP contribution is -2.24. The van der Waals surface area contributed by atoms with Crippen LogP contribution in [0.4, 0.5) is 5.69 Å². The molecule has 0 spiro atoms. The molecule has 1 aliphatic rings. The Kier molecular flexibility index (Phi) is 8.05. The van der Waals surface area contributed by atoms with Crippen molar-refractivity contribution in [3.05, 3.63) is 87.8 Å². The predicted molar refractivity (Wildman–Crippen MR) is 162 cm³/mol. The molecular weight excluding hydrogens is 522 g/mol. The maximum atomic E-state index is 13.1. The van der Waals surface area contributed by atoms with Gasteiger partial charge in [0.15, 0.2) is 5.78 Å². The Hall–Kier alpha value is -3.94. The Labute approximate surface area is 239 Å². The van der Waals surface area contributed by atoms with Gasteiger partial charge in [-0.15, -0.1) is 0 Å². The summed E-state index contributed by atoms with van der Waals surface area (Å²) in [6.07, 6.45) is 4.94. The van der Waals surface area contributed by atoms with E-state index in [4.69, 9.17) is 11.6 Å².